The normalized spacial score (nSPS) is 15.0. The van der Waals surface area contributed by atoms with E-state index in [-0.39, 0.29) is 41.0 Å². The van der Waals surface area contributed by atoms with Crippen molar-refractivity contribution in [1.29, 1.82) is 0 Å². The van der Waals surface area contributed by atoms with Gasteiger partial charge in [0.15, 0.2) is 0 Å². The molecule has 2 atom stereocenters. The van der Waals surface area contributed by atoms with Gasteiger partial charge >= 0.3 is 6.18 Å². The lowest BCUT2D eigenvalue weighted by Gasteiger charge is -2.22. The second-order valence-electron chi connectivity index (χ2n) is 9.78. The summed E-state index contributed by atoms with van der Waals surface area (Å²) in [6.45, 7) is 3.14. The quantitative estimate of drug-likeness (QED) is 0.186. The third kappa shape index (κ3) is 6.78. The predicted octanol–water partition coefficient (Wildman–Crippen LogP) is 6.83. The maximum Gasteiger partial charge on any atom is 0.416 e. The van der Waals surface area contributed by atoms with Crippen molar-refractivity contribution in [1.82, 2.24) is 5.32 Å². The maximum absolute atomic E-state index is 14.6. The van der Waals surface area contributed by atoms with Crippen molar-refractivity contribution in [2.24, 2.45) is 0 Å². The van der Waals surface area contributed by atoms with Gasteiger partial charge in [0.1, 0.15) is 29.4 Å². The molecule has 1 aliphatic carbocycles. The summed E-state index contributed by atoms with van der Waals surface area (Å²) in [6, 6.07) is 9.29. The number of aliphatic hydroxyl groups excluding tert-OH is 1. The molecule has 0 radical (unpaired) electrons. The standard InChI is InChI=1S/C29H29F5N2O4/c1-15-10-18(30)6-9-25(15)40-26-13-21(17-4-5-17)23(29(32,33)34)12-22(26)28(38)36-19-7-8-24(31)20(11-19)16(2)27(37)35-14-39-3/h6-13,16-17,27,35,37H,4-5,14H2,1-3H3,(H,36,38). The van der Waals surface area contributed by atoms with Crippen LogP contribution < -0.4 is 15.4 Å². The van der Waals surface area contributed by atoms with E-state index in [1.807, 2.05) is 0 Å². The highest BCUT2D eigenvalue weighted by molar-refractivity contribution is 6.06. The Morgan fingerprint density at radius 3 is 2.42 bits per heavy atom. The summed E-state index contributed by atoms with van der Waals surface area (Å²) >= 11 is 0. The number of aryl methyl sites for hydroxylation is 1. The fraction of sp³-hybridized carbons (Fsp3) is 0.345. The van der Waals surface area contributed by atoms with Crippen LogP contribution in [0.25, 0.3) is 0 Å². The topological polar surface area (TPSA) is 79.8 Å². The minimum atomic E-state index is -4.72. The zero-order chi connectivity index (χ0) is 29.2. The molecule has 3 aromatic rings. The Labute approximate surface area is 228 Å². The molecule has 11 heteroatoms. The van der Waals surface area contributed by atoms with Gasteiger partial charge in [0.2, 0.25) is 0 Å². The molecule has 2 unspecified atom stereocenters. The molecule has 3 N–H and O–H groups in total. The van der Waals surface area contributed by atoms with Crippen molar-refractivity contribution in [3.8, 4) is 11.5 Å². The second kappa shape index (κ2) is 11.9. The lowest BCUT2D eigenvalue weighted by Crippen LogP contribution is -2.35. The molecule has 214 valence electrons. The van der Waals surface area contributed by atoms with Crippen molar-refractivity contribution in [3.05, 3.63) is 88.0 Å². The van der Waals surface area contributed by atoms with Crippen LogP contribution in [0, 0.1) is 18.6 Å². The van der Waals surface area contributed by atoms with Crippen molar-refractivity contribution < 1.29 is 41.3 Å². The zero-order valence-corrected chi connectivity index (χ0v) is 22.0. The SMILES string of the molecule is COCNC(O)C(C)c1cc(NC(=O)c2cc(C(F)(F)F)c(C3CC3)cc2Oc2ccc(F)cc2C)ccc1F. The van der Waals surface area contributed by atoms with Crippen molar-refractivity contribution in [3.63, 3.8) is 0 Å². The van der Waals surface area contributed by atoms with Crippen molar-refractivity contribution in [2.45, 2.75) is 50.9 Å². The number of amides is 1. The van der Waals surface area contributed by atoms with Gasteiger partial charge in [-0.15, -0.1) is 0 Å². The van der Waals surface area contributed by atoms with E-state index < -0.39 is 47.0 Å². The van der Waals surface area contributed by atoms with E-state index in [0.29, 0.717) is 18.4 Å². The van der Waals surface area contributed by atoms with Crippen molar-refractivity contribution in [2.75, 3.05) is 19.2 Å². The second-order valence-corrected chi connectivity index (χ2v) is 9.78. The predicted molar refractivity (Wildman–Crippen MR) is 138 cm³/mol. The first kappa shape index (κ1) is 29.4. The van der Waals surface area contributed by atoms with Crippen LogP contribution in [0.1, 0.15) is 64.2 Å². The van der Waals surface area contributed by atoms with E-state index in [1.165, 1.54) is 37.4 Å². The Bertz CT molecular complexity index is 1390. The lowest BCUT2D eigenvalue weighted by atomic mass is 9.97. The Morgan fingerprint density at radius 2 is 1.80 bits per heavy atom. The monoisotopic (exact) mass is 564 g/mol. The summed E-state index contributed by atoms with van der Waals surface area (Å²) in [4.78, 5) is 13.4. The van der Waals surface area contributed by atoms with Crippen LogP contribution in [-0.4, -0.2) is 31.1 Å². The van der Waals surface area contributed by atoms with Crippen LogP contribution in [0.2, 0.25) is 0 Å². The van der Waals surface area contributed by atoms with Gasteiger partial charge < -0.3 is 19.9 Å². The Hall–Kier alpha value is -3.54. The number of aliphatic hydroxyl groups is 1. The van der Waals surface area contributed by atoms with Gasteiger partial charge in [0.05, 0.1) is 17.9 Å². The summed E-state index contributed by atoms with van der Waals surface area (Å²) in [5.41, 5.74) is -0.778. The van der Waals surface area contributed by atoms with Gasteiger partial charge in [-0.3, -0.25) is 10.1 Å². The van der Waals surface area contributed by atoms with E-state index in [4.69, 9.17) is 9.47 Å². The first-order valence-electron chi connectivity index (χ1n) is 12.6. The van der Waals surface area contributed by atoms with Crippen LogP contribution >= 0.6 is 0 Å². The molecule has 0 aliphatic heterocycles. The summed E-state index contributed by atoms with van der Waals surface area (Å²) < 4.78 is 81.0. The fourth-order valence-corrected chi connectivity index (χ4v) is 4.37. The summed E-state index contributed by atoms with van der Waals surface area (Å²) in [5.74, 6) is -3.12. The Balaban J connectivity index is 1.71. The number of hydrogen-bond donors (Lipinski definition) is 3. The third-order valence-corrected chi connectivity index (χ3v) is 6.73. The molecule has 3 aromatic carbocycles. The van der Waals surface area contributed by atoms with Crippen LogP contribution in [0.15, 0.2) is 48.5 Å². The number of ether oxygens (including phenoxy) is 2. The molecule has 1 saturated carbocycles. The van der Waals surface area contributed by atoms with Crippen LogP contribution in [-0.2, 0) is 10.9 Å². The number of methoxy groups -OCH3 is 1. The van der Waals surface area contributed by atoms with E-state index >= 15 is 0 Å². The van der Waals surface area contributed by atoms with E-state index in [0.717, 1.165) is 18.2 Å². The van der Waals surface area contributed by atoms with Gasteiger partial charge in [0.25, 0.3) is 5.91 Å². The number of anilines is 1. The first-order chi connectivity index (χ1) is 18.9. The average Bonchev–Trinajstić information content (AvgIpc) is 3.74. The van der Waals surface area contributed by atoms with Gasteiger partial charge in [-0.25, -0.2) is 8.78 Å². The zero-order valence-electron chi connectivity index (χ0n) is 22.0. The van der Waals surface area contributed by atoms with Crippen molar-refractivity contribution >= 4 is 11.6 Å². The molecule has 0 heterocycles. The molecule has 0 bridgehead atoms. The number of carbonyl (C=O) groups excluding carboxylic acids is 1. The highest BCUT2D eigenvalue weighted by Gasteiger charge is 2.40. The van der Waals surface area contributed by atoms with E-state index in [2.05, 4.69) is 10.6 Å². The highest BCUT2D eigenvalue weighted by Crippen LogP contribution is 2.48. The van der Waals surface area contributed by atoms with Crippen LogP contribution in [0.5, 0.6) is 11.5 Å². The number of rotatable bonds is 10. The number of benzene rings is 3. The lowest BCUT2D eigenvalue weighted by molar-refractivity contribution is -0.138. The summed E-state index contributed by atoms with van der Waals surface area (Å²) in [7, 11) is 1.41. The molecule has 4 rings (SSSR count). The minimum Gasteiger partial charge on any atom is -0.456 e. The van der Waals surface area contributed by atoms with Crippen LogP contribution in [0.4, 0.5) is 27.6 Å². The molecule has 1 fully saturated rings. The molecular weight excluding hydrogens is 535 g/mol. The fourth-order valence-electron chi connectivity index (χ4n) is 4.37. The number of nitrogens with one attached hydrogen (secondary N) is 2. The van der Waals surface area contributed by atoms with Gasteiger partial charge in [0, 0.05) is 18.7 Å². The summed E-state index contributed by atoms with van der Waals surface area (Å²) in [5, 5.41) is 15.5. The van der Waals surface area contributed by atoms with Gasteiger partial charge in [-0.05, 0) is 90.9 Å². The first-order valence-corrected chi connectivity index (χ1v) is 12.6. The Morgan fingerprint density at radius 1 is 1.07 bits per heavy atom. The third-order valence-electron chi connectivity index (χ3n) is 6.73. The molecule has 1 amide bonds. The molecule has 0 spiro atoms. The number of carbonyl (C=O) groups is 1. The molecule has 1 aliphatic rings. The van der Waals surface area contributed by atoms with E-state index in [1.54, 1.807) is 13.8 Å². The summed E-state index contributed by atoms with van der Waals surface area (Å²) in [6.07, 6.45) is -4.75. The van der Waals surface area contributed by atoms with Crippen LogP contribution in [0.3, 0.4) is 0 Å². The molecule has 40 heavy (non-hydrogen) atoms. The van der Waals surface area contributed by atoms with Gasteiger partial charge in [-0.1, -0.05) is 6.92 Å². The smallest absolute Gasteiger partial charge is 0.416 e. The largest absolute Gasteiger partial charge is 0.456 e. The van der Waals surface area contributed by atoms with Gasteiger partial charge in [-0.2, -0.15) is 13.2 Å². The van der Waals surface area contributed by atoms with E-state index in [9.17, 15) is 31.9 Å². The molecule has 6 nitrogen and oxygen atoms in total. The minimum absolute atomic E-state index is 0.0122. The number of hydrogen-bond acceptors (Lipinski definition) is 5. The number of alkyl halides is 3. The molecule has 0 saturated heterocycles. The highest BCUT2D eigenvalue weighted by atomic mass is 19.4. The average molecular weight is 565 g/mol. The Kier molecular flexibility index (Phi) is 8.77. The number of halogens is 5. The maximum atomic E-state index is 14.6. The molecular formula is C29H29F5N2O4. The molecule has 0 aromatic heterocycles.